The highest BCUT2D eigenvalue weighted by molar-refractivity contribution is 8.04. The van der Waals surface area contributed by atoms with E-state index in [1.54, 1.807) is 18.2 Å². The minimum atomic E-state index is -0.250. The fraction of sp³-hybridized carbons (Fsp3) is 0.273. The van der Waals surface area contributed by atoms with Crippen LogP contribution >= 0.6 is 35.0 Å². The van der Waals surface area contributed by atoms with Gasteiger partial charge in [-0.2, -0.15) is 0 Å². The molecule has 1 aliphatic heterocycles. The summed E-state index contributed by atoms with van der Waals surface area (Å²) < 4.78 is 0. The third-order valence-electron chi connectivity index (χ3n) is 5.18. The van der Waals surface area contributed by atoms with Crippen LogP contribution in [0.4, 0.5) is 0 Å². The number of halogens is 2. The van der Waals surface area contributed by atoms with E-state index in [2.05, 4.69) is 0 Å². The van der Waals surface area contributed by atoms with Crippen molar-refractivity contribution in [2.45, 2.75) is 43.0 Å². The maximum atomic E-state index is 13.4. The van der Waals surface area contributed by atoms with E-state index in [1.165, 1.54) is 16.7 Å². The Morgan fingerprint density at radius 3 is 2.29 bits per heavy atom. The van der Waals surface area contributed by atoms with Gasteiger partial charge in [0.1, 0.15) is 0 Å². The van der Waals surface area contributed by atoms with Crippen molar-refractivity contribution >= 4 is 52.4 Å². The van der Waals surface area contributed by atoms with Crippen molar-refractivity contribution in [1.82, 2.24) is 4.90 Å². The number of carbonyl (C=O) groups excluding carboxylic acids is 2. The van der Waals surface area contributed by atoms with Crippen LogP contribution in [0.25, 0.3) is 5.57 Å². The Kier molecular flexibility index (Phi) is 5.81. The lowest BCUT2D eigenvalue weighted by atomic mass is 9.94. The molecule has 2 amide bonds. The van der Waals surface area contributed by atoms with E-state index >= 15 is 0 Å². The highest BCUT2D eigenvalue weighted by atomic mass is 35.5. The molecule has 2 aromatic rings. The molecule has 0 aromatic heterocycles. The quantitative estimate of drug-likeness (QED) is 0.540. The van der Waals surface area contributed by atoms with Crippen LogP contribution in [0, 0.1) is 0 Å². The van der Waals surface area contributed by atoms with Crippen LogP contribution in [0.15, 0.2) is 58.3 Å². The highest BCUT2D eigenvalue weighted by Crippen LogP contribution is 2.43. The zero-order valence-electron chi connectivity index (χ0n) is 15.2. The predicted octanol–water partition coefficient (Wildman–Crippen LogP) is 6.20. The van der Waals surface area contributed by atoms with Gasteiger partial charge in [0, 0.05) is 21.5 Å². The van der Waals surface area contributed by atoms with Crippen LogP contribution in [0.1, 0.15) is 37.7 Å². The van der Waals surface area contributed by atoms with Crippen molar-refractivity contribution in [3.63, 3.8) is 0 Å². The van der Waals surface area contributed by atoms with Crippen LogP contribution < -0.4 is 0 Å². The second kappa shape index (κ2) is 8.32. The maximum Gasteiger partial charge on any atom is 0.268 e. The molecule has 4 rings (SSSR count). The SMILES string of the molecule is O=C1C(Sc2ccccc2)=C(c2ccc(Cl)cc2Cl)C(=O)N1C1CCCCC1. The molecular formula is C22H19Cl2NO2S. The topological polar surface area (TPSA) is 37.4 Å². The van der Waals surface area contributed by atoms with Crippen molar-refractivity contribution in [3.05, 3.63) is 69.0 Å². The van der Waals surface area contributed by atoms with E-state index in [-0.39, 0.29) is 17.9 Å². The van der Waals surface area contributed by atoms with Gasteiger partial charge in [0.25, 0.3) is 11.8 Å². The molecule has 0 atom stereocenters. The summed E-state index contributed by atoms with van der Waals surface area (Å²) in [6, 6.07) is 14.6. The molecule has 2 aliphatic rings. The van der Waals surface area contributed by atoms with E-state index in [4.69, 9.17) is 23.2 Å². The van der Waals surface area contributed by atoms with Crippen LogP contribution in [0.3, 0.4) is 0 Å². The summed E-state index contributed by atoms with van der Waals surface area (Å²) in [6.07, 6.45) is 4.96. The van der Waals surface area contributed by atoms with Gasteiger partial charge in [0.05, 0.1) is 15.5 Å². The summed E-state index contributed by atoms with van der Waals surface area (Å²) in [5.74, 6) is -0.466. The van der Waals surface area contributed by atoms with Gasteiger partial charge in [-0.25, -0.2) is 0 Å². The van der Waals surface area contributed by atoms with Crippen LogP contribution in [-0.4, -0.2) is 22.8 Å². The van der Waals surface area contributed by atoms with Gasteiger partial charge in [0.2, 0.25) is 0 Å². The first-order chi connectivity index (χ1) is 13.6. The van der Waals surface area contributed by atoms with Gasteiger partial charge in [-0.1, -0.05) is 78.5 Å². The van der Waals surface area contributed by atoms with Gasteiger partial charge < -0.3 is 0 Å². The summed E-state index contributed by atoms with van der Waals surface area (Å²) >= 11 is 13.8. The molecule has 28 heavy (non-hydrogen) atoms. The summed E-state index contributed by atoms with van der Waals surface area (Å²) in [4.78, 5) is 29.5. The largest absolute Gasteiger partial charge is 0.271 e. The van der Waals surface area contributed by atoms with Gasteiger partial charge in [-0.05, 0) is 37.1 Å². The number of hydrogen-bond acceptors (Lipinski definition) is 3. The van der Waals surface area contributed by atoms with Crippen LogP contribution in [0.5, 0.6) is 0 Å². The number of rotatable bonds is 4. The molecule has 1 fully saturated rings. The number of hydrogen-bond donors (Lipinski definition) is 0. The lowest BCUT2D eigenvalue weighted by Gasteiger charge is -2.30. The molecule has 0 N–H and O–H groups in total. The molecule has 0 unspecified atom stereocenters. The molecular weight excluding hydrogens is 413 g/mol. The minimum absolute atomic E-state index is 0.0382. The summed E-state index contributed by atoms with van der Waals surface area (Å²) in [5.41, 5.74) is 0.937. The number of nitrogens with zero attached hydrogens (tertiary/aromatic N) is 1. The Bertz CT molecular complexity index is 952. The smallest absolute Gasteiger partial charge is 0.268 e. The monoisotopic (exact) mass is 431 g/mol. The molecule has 0 spiro atoms. The van der Waals surface area contributed by atoms with E-state index in [0.29, 0.717) is 26.1 Å². The predicted molar refractivity (Wildman–Crippen MR) is 114 cm³/mol. The second-order valence-corrected chi connectivity index (χ2v) is 8.94. The Labute approximate surface area is 178 Å². The second-order valence-electron chi connectivity index (χ2n) is 7.02. The number of thioether (sulfide) groups is 1. The molecule has 1 heterocycles. The first kappa shape index (κ1) is 19.6. The fourth-order valence-electron chi connectivity index (χ4n) is 3.83. The highest BCUT2D eigenvalue weighted by Gasteiger charge is 2.43. The molecule has 6 heteroatoms. The lowest BCUT2D eigenvalue weighted by Crippen LogP contribution is -2.42. The normalized spacial score (nSPS) is 18.3. The van der Waals surface area contributed by atoms with Crippen molar-refractivity contribution < 1.29 is 9.59 Å². The maximum absolute atomic E-state index is 13.4. The van der Waals surface area contributed by atoms with Gasteiger partial charge >= 0.3 is 0 Å². The van der Waals surface area contributed by atoms with E-state index < -0.39 is 0 Å². The Morgan fingerprint density at radius 2 is 1.61 bits per heavy atom. The summed E-state index contributed by atoms with van der Waals surface area (Å²) in [6.45, 7) is 0. The van der Waals surface area contributed by atoms with Crippen molar-refractivity contribution in [2.24, 2.45) is 0 Å². The van der Waals surface area contributed by atoms with Crippen molar-refractivity contribution in [3.8, 4) is 0 Å². The number of amides is 2. The first-order valence-corrected chi connectivity index (χ1v) is 10.9. The van der Waals surface area contributed by atoms with E-state index in [9.17, 15) is 9.59 Å². The molecule has 144 valence electrons. The molecule has 0 radical (unpaired) electrons. The lowest BCUT2D eigenvalue weighted by molar-refractivity contribution is -0.139. The van der Waals surface area contributed by atoms with Gasteiger partial charge in [-0.3, -0.25) is 14.5 Å². The molecule has 1 saturated carbocycles. The molecule has 3 nitrogen and oxygen atoms in total. The van der Waals surface area contributed by atoms with E-state index in [1.807, 2.05) is 30.3 Å². The Hall–Kier alpha value is -1.75. The Morgan fingerprint density at radius 1 is 0.893 bits per heavy atom. The van der Waals surface area contributed by atoms with Crippen molar-refractivity contribution in [1.29, 1.82) is 0 Å². The number of benzene rings is 2. The average molecular weight is 432 g/mol. The average Bonchev–Trinajstić information content (AvgIpc) is 2.93. The summed E-state index contributed by atoms with van der Waals surface area (Å²) in [5, 5.41) is 0.868. The molecule has 0 bridgehead atoms. The first-order valence-electron chi connectivity index (χ1n) is 9.37. The standard InChI is InChI=1S/C22H19Cl2NO2S/c23-14-11-12-17(18(24)13-14)19-20(28-16-9-5-2-6-10-16)22(27)25(21(19)26)15-7-3-1-4-8-15/h2,5-6,9-13,15H,1,3-4,7-8H2. The third-order valence-corrected chi connectivity index (χ3v) is 6.81. The number of carbonyl (C=O) groups is 2. The number of imide groups is 1. The van der Waals surface area contributed by atoms with Gasteiger partial charge in [-0.15, -0.1) is 0 Å². The molecule has 1 aliphatic carbocycles. The van der Waals surface area contributed by atoms with Gasteiger partial charge in [0.15, 0.2) is 0 Å². The zero-order chi connectivity index (χ0) is 19.7. The third kappa shape index (κ3) is 3.73. The minimum Gasteiger partial charge on any atom is -0.271 e. The van der Waals surface area contributed by atoms with Crippen LogP contribution in [-0.2, 0) is 9.59 Å². The fourth-order valence-corrected chi connectivity index (χ4v) is 5.34. The Balaban J connectivity index is 1.79. The summed E-state index contributed by atoms with van der Waals surface area (Å²) in [7, 11) is 0. The molecule has 0 saturated heterocycles. The van der Waals surface area contributed by atoms with E-state index in [0.717, 1.165) is 37.0 Å². The van der Waals surface area contributed by atoms with Crippen LogP contribution in [0.2, 0.25) is 10.0 Å². The van der Waals surface area contributed by atoms with Crippen molar-refractivity contribution in [2.75, 3.05) is 0 Å². The molecule has 2 aromatic carbocycles. The zero-order valence-corrected chi connectivity index (χ0v) is 17.5.